The maximum absolute atomic E-state index is 12.8. The summed E-state index contributed by atoms with van der Waals surface area (Å²) in [5.41, 5.74) is 2.77. The first-order valence-electron chi connectivity index (χ1n) is 10.4. The van der Waals surface area contributed by atoms with Crippen LogP contribution in [0.3, 0.4) is 0 Å². The van der Waals surface area contributed by atoms with E-state index in [1.165, 1.54) is 0 Å². The molecule has 0 aliphatic carbocycles. The number of rotatable bonds is 8. The number of hydrogen-bond acceptors (Lipinski definition) is 4. The molecular weight excluding hydrogens is 404 g/mol. The Bertz CT molecular complexity index is 979. The quantitative estimate of drug-likeness (QED) is 0.542. The summed E-state index contributed by atoms with van der Waals surface area (Å²) < 4.78 is 10.3. The number of ether oxygens (including phenoxy) is 2. The Morgan fingerprint density at radius 3 is 1.38 bits per heavy atom. The van der Waals surface area contributed by atoms with Crippen LogP contribution in [0.25, 0.3) is 0 Å². The van der Waals surface area contributed by atoms with Crippen molar-refractivity contribution >= 4 is 11.8 Å². The largest absolute Gasteiger partial charge is 0.497 e. The van der Waals surface area contributed by atoms with Crippen LogP contribution in [0.1, 0.15) is 57.8 Å². The topological polar surface area (TPSA) is 76.7 Å². The molecule has 32 heavy (non-hydrogen) atoms. The summed E-state index contributed by atoms with van der Waals surface area (Å²) in [6, 6.07) is 21.4. The first kappa shape index (κ1) is 22.9. The molecule has 2 amide bonds. The zero-order valence-electron chi connectivity index (χ0n) is 18.7. The van der Waals surface area contributed by atoms with Crippen LogP contribution in [0.2, 0.25) is 0 Å². The molecule has 3 aromatic rings. The standard InChI is InChI=1S/C26H28N2O4/c1-17(19-8-12-23(31-3)13-9-19)27-25(29)21-6-5-7-22(16-21)26(30)28-18(2)20-10-14-24(32-4)15-11-20/h5-18H,1-4H3,(H,27,29)(H,28,30)/t17-,18-/m1/s1. The van der Waals surface area contributed by atoms with Crippen molar-refractivity contribution in [3.8, 4) is 11.5 Å². The van der Waals surface area contributed by atoms with Crippen LogP contribution in [0.15, 0.2) is 72.8 Å². The van der Waals surface area contributed by atoms with Gasteiger partial charge >= 0.3 is 0 Å². The summed E-state index contributed by atoms with van der Waals surface area (Å²) in [7, 11) is 3.22. The zero-order chi connectivity index (χ0) is 23.1. The molecule has 0 unspecified atom stereocenters. The minimum Gasteiger partial charge on any atom is -0.497 e. The van der Waals surface area contributed by atoms with Crippen LogP contribution in [0.5, 0.6) is 11.5 Å². The molecule has 0 bridgehead atoms. The summed E-state index contributed by atoms with van der Waals surface area (Å²) in [6.45, 7) is 3.82. The minimum atomic E-state index is -0.244. The predicted octanol–water partition coefficient (Wildman–Crippen LogP) is 4.69. The van der Waals surface area contributed by atoms with Crippen molar-refractivity contribution in [3.05, 3.63) is 95.1 Å². The van der Waals surface area contributed by atoms with Crippen LogP contribution in [-0.2, 0) is 0 Å². The van der Waals surface area contributed by atoms with Gasteiger partial charge in [-0.2, -0.15) is 0 Å². The number of carbonyl (C=O) groups is 2. The van der Waals surface area contributed by atoms with Gasteiger partial charge in [0.1, 0.15) is 11.5 Å². The molecule has 2 N–H and O–H groups in total. The summed E-state index contributed by atoms with van der Waals surface area (Å²) >= 11 is 0. The van der Waals surface area contributed by atoms with E-state index in [0.717, 1.165) is 22.6 Å². The highest BCUT2D eigenvalue weighted by Gasteiger charge is 2.16. The molecule has 3 aromatic carbocycles. The summed E-state index contributed by atoms with van der Waals surface area (Å²) in [6.07, 6.45) is 0. The lowest BCUT2D eigenvalue weighted by molar-refractivity contribution is 0.0939. The normalized spacial score (nSPS) is 12.4. The van der Waals surface area contributed by atoms with Crippen LogP contribution in [0.4, 0.5) is 0 Å². The fraction of sp³-hybridized carbons (Fsp3) is 0.231. The number of benzene rings is 3. The highest BCUT2D eigenvalue weighted by molar-refractivity contribution is 5.99. The third-order valence-corrected chi connectivity index (χ3v) is 5.31. The lowest BCUT2D eigenvalue weighted by Gasteiger charge is -2.16. The van der Waals surface area contributed by atoms with Gasteiger partial charge in [0.05, 0.1) is 26.3 Å². The third-order valence-electron chi connectivity index (χ3n) is 5.31. The van der Waals surface area contributed by atoms with Gasteiger partial charge < -0.3 is 20.1 Å². The van der Waals surface area contributed by atoms with E-state index >= 15 is 0 Å². The van der Waals surface area contributed by atoms with Gasteiger partial charge in [-0.1, -0.05) is 30.3 Å². The van der Waals surface area contributed by atoms with Crippen LogP contribution in [-0.4, -0.2) is 26.0 Å². The van der Waals surface area contributed by atoms with E-state index in [1.54, 1.807) is 38.5 Å². The Labute approximate surface area is 188 Å². The van der Waals surface area contributed by atoms with Gasteiger partial charge in [0.25, 0.3) is 11.8 Å². The number of nitrogens with one attached hydrogen (secondary N) is 2. The lowest BCUT2D eigenvalue weighted by Crippen LogP contribution is -2.28. The maximum Gasteiger partial charge on any atom is 0.251 e. The van der Waals surface area contributed by atoms with E-state index in [0.29, 0.717) is 11.1 Å². The SMILES string of the molecule is COc1ccc([C@@H](C)NC(=O)c2cccc(C(=O)N[C@H](C)c3ccc(OC)cc3)c2)cc1. The first-order chi connectivity index (χ1) is 15.4. The summed E-state index contributed by atoms with van der Waals surface area (Å²) in [5.74, 6) is 1.03. The van der Waals surface area contributed by atoms with E-state index in [2.05, 4.69) is 10.6 Å². The van der Waals surface area contributed by atoms with E-state index in [4.69, 9.17) is 9.47 Å². The molecule has 0 saturated carbocycles. The second-order valence-electron chi connectivity index (χ2n) is 7.52. The van der Waals surface area contributed by atoms with Crippen molar-refractivity contribution in [2.75, 3.05) is 14.2 Å². The molecule has 0 aliphatic rings. The number of amides is 2. The van der Waals surface area contributed by atoms with Gasteiger partial charge in [-0.3, -0.25) is 9.59 Å². The molecule has 0 spiro atoms. The Morgan fingerprint density at radius 1 is 0.656 bits per heavy atom. The zero-order valence-corrected chi connectivity index (χ0v) is 18.7. The Balaban J connectivity index is 1.65. The monoisotopic (exact) mass is 432 g/mol. The molecule has 0 aliphatic heterocycles. The maximum atomic E-state index is 12.8. The second kappa shape index (κ2) is 10.5. The van der Waals surface area contributed by atoms with Gasteiger partial charge in [0.2, 0.25) is 0 Å². The van der Waals surface area contributed by atoms with Gasteiger partial charge in [-0.05, 0) is 67.4 Å². The smallest absolute Gasteiger partial charge is 0.251 e. The van der Waals surface area contributed by atoms with Gasteiger partial charge in [-0.25, -0.2) is 0 Å². The van der Waals surface area contributed by atoms with Gasteiger partial charge in [0, 0.05) is 11.1 Å². The highest BCUT2D eigenvalue weighted by atomic mass is 16.5. The molecule has 3 rings (SSSR count). The summed E-state index contributed by atoms with van der Waals surface area (Å²) in [5, 5.41) is 5.94. The average Bonchev–Trinajstić information content (AvgIpc) is 2.84. The molecule has 166 valence electrons. The van der Waals surface area contributed by atoms with Crippen LogP contribution in [0, 0.1) is 0 Å². The van der Waals surface area contributed by atoms with Gasteiger partial charge in [0.15, 0.2) is 0 Å². The van der Waals surface area contributed by atoms with Crippen molar-refractivity contribution in [2.24, 2.45) is 0 Å². The van der Waals surface area contributed by atoms with E-state index in [-0.39, 0.29) is 23.9 Å². The fourth-order valence-corrected chi connectivity index (χ4v) is 3.31. The van der Waals surface area contributed by atoms with Gasteiger partial charge in [-0.15, -0.1) is 0 Å². The Hall–Kier alpha value is -3.80. The fourth-order valence-electron chi connectivity index (χ4n) is 3.31. The molecule has 0 aromatic heterocycles. The molecule has 6 heteroatoms. The Kier molecular flexibility index (Phi) is 7.49. The van der Waals surface area contributed by atoms with Crippen molar-refractivity contribution in [3.63, 3.8) is 0 Å². The molecular formula is C26H28N2O4. The van der Waals surface area contributed by atoms with Crippen molar-refractivity contribution in [2.45, 2.75) is 25.9 Å². The first-order valence-corrected chi connectivity index (χ1v) is 10.4. The number of methoxy groups -OCH3 is 2. The van der Waals surface area contributed by atoms with E-state index in [9.17, 15) is 9.59 Å². The third kappa shape index (κ3) is 5.66. The molecule has 0 saturated heterocycles. The lowest BCUT2D eigenvalue weighted by atomic mass is 10.1. The van der Waals surface area contributed by atoms with Crippen molar-refractivity contribution in [1.82, 2.24) is 10.6 Å². The number of hydrogen-bond donors (Lipinski definition) is 2. The Morgan fingerprint density at radius 2 is 1.03 bits per heavy atom. The average molecular weight is 433 g/mol. The molecule has 0 fully saturated rings. The van der Waals surface area contributed by atoms with Crippen molar-refractivity contribution < 1.29 is 19.1 Å². The molecule has 2 atom stereocenters. The summed E-state index contributed by atoms with van der Waals surface area (Å²) in [4.78, 5) is 25.5. The van der Waals surface area contributed by atoms with E-state index in [1.807, 2.05) is 62.4 Å². The van der Waals surface area contributed by atoms with Crippen LogP contribution >= 0.6 is 0 Å². The van der Waals surface area contributed by atoms with Crippen molar-refractivity contribution in [1.29, 1.82) is 0 Å². The van der Waals surface area contributed by atoms with E-state index < -0.39 is 0 Å². The number of carbonyl (C=O) groups excluding carboxylic acids is 2. The minimum absolute atomic E-state index is 0.194. The molecule has 0 heterocycles. The highest BCUT2D eigenvalue weighted by Crippen LogP contribution is 2.19. The second-order valence-corrected chi connectivity index (χ2v) is 7.52. The predicted molar refractivity (Wildman–Crippen MR) is 124 cm³/mol. The molecule has 6 nitrogen and oxygen atoms in total. The van der Waals surface area contributed by atoms with Crippen LogP contribution < -0.4 is 20.1 Å². The molecule has 0 radical (unpaired) electrons.